The van der Waals surface area contributed by atoms with Crippen LogP contribution in [0.2, 0.25) is 0 Å². The lowest BCUT2D eigenvalue weighted by molar-refractivity contribution is 0.382. The lowest BCUT2D eigenvalue weighted by atomic mass is 10.3. The fourth-order valence-electron chi connectivity index (χ4n) is 1.12. The molecule has 0 spiro atoms. The summed E-state index contributed by atoms with van der Waals surface area (Å²) in [6.07, 6.45) is 2.93. The lowest BCUT2D eigenvalue weighted by Gasteiger charge is -2.24. The minimum absolute atomic E-state index is 0.0827. The number of sulfonamides is 1. The van der Waals surface area contributed by atoms with Gasteiger partial charge in [-0.2, -0.15) is 11.8 Å². The highest BCUT2D eigenvalue weighted by molar-refractivity contribution is 7.98. The van der Waals surface area contributed by atoms with Crippen LogP contribution in [0.5, 0.6) is 0 Å². The van der Waals surface area contributed by atoms with Crippen molar-refractivity contribution in [1.29, 1.82) is 0 Å². The van der Waals surface area contributed by atoms with Crippen LogP contribution in [0.15, 0.2) is 0 Å². The third kappa shape index (κ3) is 5.75. The van der Waals surface area contributed by atoms with E-state index in [1.54, 1.807) is 25.9 Å². The molecule has 92 valence electrons. The average Bonchev–Trinajstić information content (AvgIpc) is 2.21. The molecule has 0 aliphatic rings. The lowest BCUT2D eigenvalue weighted by Crippen LogP contribution is -2.39. The second-order valence-corrected chi connectivity index (χ2v) is 6.70. The van der Waals surface area contributed by atoms with Crippen LogP contribution in [0.4, 0.5) is 0 Å². The van der Waals surface area contributed by atoms with Crippen molar-refractivity contribution in [1.82, 2.24) is 9.62 Å². The molecule has 15 heavy (non-hydrogen) atoms. The molecule has 0 saturated heterocycles. The molecule has 0 radical (unpaired) electrons. The van der Waals surface area contributed by atoms with Crippen LogP contribution in [0.25, 0.3) is 0 Å². The molecule has 0 aliphatic heterocycles. The summed E-state index contributed by atoms with van der Waals surface area (Å²) in [6.45, 7) is 2.45. The molecule has 4 nitrogen and oxygen atoms in total. The first kappa shape index (κ1) is 15.2. The van der Waals surface area contributed by atoms with Crippen LogP contribution in [-0.4, -0.2) is 57.2 Å². The summed E-state index contributed by atoms with van der Waals surface area (Å²) < 4.78 is 25.0. The Morgan fingerprint density at radius 2 is 2.07 bits per heavy atom. The molecule has 0 aliphatic carbocycles. The monoisotopic (exact) mass is 254 g/mol. The van der Waals surface area contributed by atoms with Crippen molar-refractivity contribution < 1.29 is 8.42 Å². The van der Waals surface area contributed by atoms with Gasteiger partial charge in [-0.05, 0) is 32.4 Å². The first-order valence-corrected chi connectivity index (χ1v) is 8.05. The standard InChI is InChI=1S/C9H22N2O2S2/c1-9(5-7-14-4)11(3)15(12,13)8-6-10-2/h9-10H,5-8H2,1-4H3. The Balaban J connectivity index is 4.21. The SMILES string of the molecule is CNCCS(=O)(=O)N(C)C(C)CCSC. The molecule has 1 unspecified atom stereocenters. The van der Waals surface area contributed by atoms with Crippen molar-refractivity contribution >= 4 is 21.8 Å². The minimum Gasteiger partial charge on any atom is -0.319 e. The highest BCUT2D eigenvalue weighted by Gasteiger charge is 2.21. The Morgan fingerprint density at radius 3 is 2.53 bits per heavy atom. The van der Waals surface area contributed by atoms with Gasteiger partial charge in [0.05, 0.1) is 5.75 Å². The summed E-state index contributed by atoms with van der Waals surface area (Å²) in [4.78, 5) is 0. The number of rotatable bonds is 8. The number of nitrogens with one attached hydrogen (secondary N) is 1. The van der Waals surface area contributed by atoms with Crippen LogP contribution in [-0.2, 0) is 10.0 Å². The van der Waals surface area contributed by atoms with Gasteiger partial charge < -0.3 is 5.32 Å². The van der Waals surface area contributed by atoms with Gasteiger partial charge in [0.1, 0.15) is 0 Å². The van der Waals surface area contributed by atoms with E-state index < -0.39 is 10.0 Å². The molecule has 6 heteroatoms. The fraction of sp³-hybridized carbons (Fsp3) is 1.00. The van der Waals surface area contributed by atoms with Gasteiger partial charge >= 0.3 is 0 Å². The molecular formula is C9H22N2O2S2. The predicted molar refractivity (Wildman–Crippen MR) is 67.9 cm³/mol. The Labute approximate surface area is 97.9 Å². The van der Waals surface area contributed by atoms with E-state index in [1.165, 1.54) is 4.31 Å². The highest BCUT2D eigenvalue weighted by atomic mass is 32.2. The Kier molecular flexibility index (Phi) is 7.60. The van der Waals surface area contributed by atoms with Gasteiger partial charge in [-0.25, -0.2) is 12.7 Å². The van der Waals surface area contributed by atoms with Crippen LogP contribution < -0.4 is 5.32 Å². The van der Waals surface area contributed by atoms with Gasteiger partial charge in [0, 0.05) is 19.6 Å². The normalized spacial score (nSPS) is 14.5. The van der Waals surface area contributed by atoms with Crippen molar-refractivity contribution in [3.8, 4) is 0 Å². The zero-order valence-electron chi connectivity index (χ0n) is 9.99. The molecule has 0 saturated carbocycles. The molecule has 0 heterocycles. The smallest absolute Gasteiger partial charge is 0.215 e. The fourth-order valence-corrected chi connectivity index (χ4v) is 3.10. The van der Waals surface area contributed by atoms with Gasteiger partial charge in [-0.1, -0.05) is 0 Å². The van der Waals surface area contributed by atoms with Gasteiger partial charge in [-0.3, -0.25) is 0 Å². The zero-order valence-corrected chi connectivity index (χ0v) is 11.6. The quantitative estimate of drug-likeness (QED) is 0.689. The van der Waals surface area contributed by atoms with E-state index in [0.717, 1.165) is 12.2 Å². The first-order chi connectivity index (χ1) is 6.95. The molecule has 1 atom stereocenters. The molecule has 0 aromatic rings. The van der Waals surface area contributed by atoms with Gasteiger partial charge in [0.15, 0.2) is 0 Å². The third-order valence-electron chi connectivity index (χ3n) is 2.41. The molecule has 1 N–H and O–H groups in total. The molecule has 0 bridgehead atoms. The van der Waals surface area contributed by atoms with Crippen LogP contribution in [0.1, 0.15) is 13.3 Å². The van der Waals surface area contributed by atoms with Crippen molar-refractivity contribution in [2.24, 2.45) is 0 Å². The van der Waals surface area contributed by atoms with E-state index in [2.05, 4.69) is 5.32 Å². The minimum atomic E-state index is -3.09. The molecule has 0 rings (SSSR count). The Hall–Kier alpha value is 0.220. The largest absolute Gasteiger partial charge is 0.319 e. The number of hydrogen-bond acceptors (Lipinski definition) is 4. The summed E-state index contributed by atoms with van der Waals surface area (Å²) in [5.74, 6) is 1.16. The zero-order chi connectivity index (χ0) is 11.9. The van der Waals surface area contributed by atoms with Crippen LogP contribution in [0, 0.1) is 0 Å². The Morgan fingerprint density at radius 1 is 1.47 bits per heavy atom. The maximum absolute atomic E-state index is 11.8. The van der Waals surface area contributed by atoms with Gasteiger partial charge in [-0.15, -0.1) is 0 Å². The van der Waals surface area contributed by atoms with E-state index in [-0.39, 0.29) is 11.8 Å². The highest BCUT2D eigenvalue weighted by Crippen LogP contribution is 2.10. The number of thioether (sulfide) groups is 1. The molecule has 0 fully saturated rings. The molecule has 0 amide bonds. The summed E-state index contributed by atoms with van der Waals surface area (Å²) in [7, 11) is 0.329. The topological polar surface area (TPSA) is 49.4 Å². The average molecular weight is 254 g/mol. The second-order valence-electron chi connectivity index (χ2n) is 3.57. The summed E-state index contributed by atoms with van der Waals surface area (Å²) >= 11 is 1.74. The van der Waals surface area contributed by atoms with E-state index >= 15 is 0 Å². The van der Waals surface area contributed by atoms with Crippen molar-refractivity contribution in [2.45, 2.75) is 19.4 Å². The van der Waals surface area contributed by atoms with Gasteiger partial charge in [0.2, 0.25) is 10.0 Å². The number of hydrogen-bond donors (Lipinski definition) is 1. The van der Waals surface area contributed by atoms with E-state index in [4.69, 9.17) is 0 Å². The van der Waals surface area contributed by atoms with E-state index in [9.17, 15) is 8.42 Å². The van der Waals surface area contributed by atoms with Crippen molar-refractivity contribution in [3.05, 3.63) is 0 Å². The number of nitrogens with zero attached hydrogens (tertiary/aromatic N) is 1. The van der Waals surface area contributed by atoms with Crippen LogP contribution in [0.3, 0.4) is 0 Å². The van der Waals surface area contributed by atoms with Crippen molar-refractivity contribution in [3.63, 3.8) is 0 Å². The Bertz CT molecular complexity index is 255. The summed E-state index contributed by atoms with van der Waals surface area (Å²) in [5.41, 5.74) is 0. The predicted octanol–water partition coefficient (Wildman–Crippen LogP) is 0.609. The van der Waals surface area contributed by atoms with Crippen LogP contribution >= 0.6 is 11.8 Å². The second kappa shape index (κ2) is 7.49. The molecule has 0 aromatic carbocycles. The maximum Gasteiger partial charge on any atom is 0.215 e. The van der Waals surface area contributed by atoms with E-state index in [1.807, 2.05) is 13.2 Å². The maximum atomic E-state index is 11.8. The molecule has 0 aromatic heterocycles. The summed E-state index contributed by atoms with van der Waals surface area (Å²) in [5, 5.41) is 2.85. The van der Waals surface area contributed by atoms with E-state index in [0.29, 0.717) is 6.54 Å². The van der Waals surface area contributed by atoms with Gasteiger partial charge in [0.25, 0.3) is 0 Å². The summed E-state index contributed by atoms with van der Waals surface area (Å²) in [6, 6.07) is 0.0827. The first-order valence-electron chi connectivity index (χ1n) is 5.05. The van der Waals surface area contributed by atoms with Crippen molar-refractivity contribution in [2.75, 3.05) is 38.4 Å². The third-order valence-corrected chi connectivity index (χ3v) is 5.01. The molecular weight excluding hydrogens is 232 g/mol.